The van der Waals surface area contributed by atoms with Gasteiger partial charge >= 0.3 is 6.18 Å². The number of rotatable bonds is 7. The molecule has 2 N–H and O–H groups in total. The predicted octanol–water partition coefficient (Wildman–Crippen LogP) is 2.80. The molecule has 0 aliphatic heterocycles. The highest BCUT2D eigenvalue weighted by Crippen LogP contribution is 2.29. The second kappa shape index (κ2) is 9.22. The zero-order valence-corrected chi connectivity index (χ0v) is 15.6. The van der Waals surface area contributed by atoms with Crippen LogP contribution < -0.4 is 10.6 Å². The van der Waals surface area contributed by atoms with Crippen LogP contribution in [0.25, 0.3) is 0 Å². The van der Waals surface area contributed by atoms with E-state index < -0.39 is 11.9 Å². The monoisotopic (exact) mass is 365 g/mol. The molecule has 9 heteroatoms. The average Bonchev–Trinajstić information content (AvgIpc) is 2.94. The molecule has 1 aromatic rings. The molecule has 0 bridgehead atoms. The molecule has 0 amide bonds. The van der Waals surface area contributed by atoms with Crippen LogP contribution in [0.5, 0.6) is 0 Å². The Labute approximate surface area is 145 Å². The van der Waals surface area contributed by atoms with E-state index in [0.29, 0.717) is 29.5 Å². The van der Waals surface area contributed by atoms with Gasteiger partial charge in [-0.1, -0.05) is 13.8 Å². The number of likely N-dealkylation sites (N-methyl/N-ethyl adjacent to an activating group) is 1. The van der Waals surface area contributed by atoms with Crippen LogP contribution in [0.15, 0.2) is 10.4 Å². The van der Waals surface area contributed by atoms with Crippen molar-refractivity contribution < 1.29 is 13.2 Å². The highest BCUT2D eigenvalue weighted by atomic mass is 32.1. The Kier molecular flexibility index (Phi) is 7.95. The molecule has 1 atom stereocenters. The standard InChI is InChI=1S/C15H26F3N5S/c1-10(2)6-11(23(4)5)7-20-14(19-3)21-8-13-22-12(9-24-13)15(16,17)18/h9-11H,6-8H2,1-5H3,(H2,19,20,21). The number of aliphatic imine (C=N–C) groups is 1. The van der Waals surface area contributed by atoms with Gasteiger partial charge in [0.25, 0.3) is 0 Å². The van der Waals surface area contributed by atoms with Crippen molar-refractivity contribution >= 4 is 17.3 Å². The van der Waals surface area contributed by atoms with Crippen molar-refractivity contribution in [3.63, 3.8) is 0 Å². The number of nitrogens with zero attached hydrogens (tertiary/aromatic N) is 3. The van der Waals surface area contributed by atoms with Crippen molar-refractivity contribution in [3.8, 4) is 0 Å². The lowest BCUT2D eigenvalue weighted by Gasteiger charge is -2.27. The second-order valence-corrected chi connectivity index (χ2v) is 7.12. The number of nitrogens with one attached hydrogen (secondary N) is 2. The minimum atomic E-state index is -4.40. The van der Waals surface area contributed by atoms with Gasteiger partial charge in [-0.05, 0) is 26.4 Å². The van der Waals surface area contributed by atoms with Crippen LogP contribution in [0.1, 0.15) is 31.0 Å². The Morgan fingerprint density at radius 1 is 1.33 bits per heavy atom. The first-order valence-corrected chi connectivity index (χ1v) is 8.64. The minimum absolute atomic E-state index is 0.206. The first-order chi connectivity index (χ1) is 11.1. The molecule has 0 aromatic carbocycles. The van der Waals surface area contributed by atoms with Crippen LogP contribution in [0.4, 0.5) is 13.2 Å². The molecule has 138 valence electrons. The smallest absolute Gasteiger partial charge is 0.355 e. The highest BCUT2D eigenvalue weighted by Gasteiger charge is 2.33. The van der Waals surface area contributed by atoms with E-state index >= 15 is 0 Å². The Bertz CT molecular complexity index is 525. The third-order valence-corrected chi connectivity index (χ3v) is 4.30. The molecular formula is C15H26F3N5S. The van der Waals surface area contributed by atoms with Gasteiger partial charge in [-0.15, -0.1) is 11.3 Å². The van der Waals surface area contributed by atoms with E-state index in [1.807, 2.05) is 14.1 Å². The maximum absolute atomic E-state index is 12.5. The van der Waals surface area contributed by atoms with E-state index in [4.69, 9.17) is 0 Å². The lowest BCUT2D eigenvalue weighted by Crippen LogP contribution is -2.45. The van der Waals surface area contributed by atoms with Gasteiger partial charge in [0, 0.05) is 25.0 Å². The van der Waals surface area contributed by atoms with Crippen molar-refractivity contribution in [2.24, 2.45) is 10.9 Å². The van der Waals surface area contributed by atoms with E-state index in [2.05, 4.69) is 39.4 Å². The molecule has 1 aromatic heterocycles. The molecule has 1 unspecified atom stereocenters. The number of aromatic nitrogens is 1. The number of guanidine groups is 1. The maximum Gasteiger partial charge on any atom is 0.434 e. The van der Waals surface area contributed by atoms with Gasteiger partial charge in [-0.25, -0.2) is 4.98 Å². The van der Waals surface area contributed by atoms with Crippen molar-refractivity contribution in [2.45, 2.75) is 39.0 Å². The molecule has 0 aliphatic carbocycles. The van der Waals surface area contributed by atoms with Crippen LogP contribution in [-0.2, 0) is 12.7 Å². The third kappa shape index (κ3) is 7.04. The van der Waals surface area contributed by atoms with Crippen LogP contribution in [0.3, 0.4) is 0 Å². The molecule has 0 radical (unpaired) electrons. The van der Waals surface area contributed by atoms with E-state index in [1.165, 1.54) is 0 Å². The van der Waals surface area contributed by atoms with Gasteiger partial charge < -0.3 is 15.5 Å². The van der Waals surface area contributed by atoms with Crippen LogP contribution in [0.2, 0.25) is 0 Å². The summed E-state index contributed by atoms with van der Waals surface area (Å²) in [6.45, 7) is 5.25. The van der Waals surface area contributed by atoms with E-state index in [-0.39, 0.29) is 6.54 Å². The fraction of sp³-hybridized carbons (Fsp3) is 0.733. The Balaban J connectivity index is 2.52. The molecule has 1 heterocycles. The van der Waals surface area contributed by atoms with E-state index in [1.54, 1.807) is 7.05 Å². The third-order valence-electron chi connectivity index (χ3n) is 3.45. The van der Waals surface area contributed by atoms with Crippen LogP contribution >= 0.6 is 11.3 Å². The largest absolute Gasteiger partial charge is 0.434 e. The molecule has 0 saturated carbocycles. The number of hydrogen-bond donors (Lipinski definition) is 2. The average molecular weight is 365 g/mol. The SMILES string of the molecule is CN=C(NCc1nc(C(F)(F)F)cs1)NCC(CC(C)C)N(C)C. The molecule has 5 nitrogen and oxygen atoms in total. The summed E-state index contributed by atoms with van der Waals surface area (Å²) in [6.07, 6.45) is -3.36. The first kappa shape index (κ1) is 20.7. The Hall–Kier alpha value is -1.35. The van der Waals surface area contributed by atoms with Crippen molar-refractivity contribution in [2.75, 3.05) is 27.7 Å². The topological polar surface area (TPSA) is 52.6 Å². The first-order valence-electron chi connectivity index (χ1n) is 7.76. The summed E-state index contributed by atoms with van der Waals surface area (Å²) in [5.74, 6) is 1.12. The van der Waals surface area contributed by atoms with Crippen molar-refractivity contribution in [1.82, 2.24) is 20.5 Å². The van der Waals surface area contributed by atoms with Crippen LogP contribution in [-0.4, -0.2) is 49.6 Å². The van der Waals surface area contributed by atoms with Crippen LogP contribution in [0, 0.1) is 5.92 Å². The molecule has 0 fully saturated rings. The molecular weight excluding hydrogens is 339 g/mol. The summed E-state index contributed by atoms with van der Waals surface area (Å²) in [6, 6.07) is 0.347. The molecule has 1 rings (SSSR count). The fourth-order valence-corrected chi connectivity index (χ4v) is 2.88. The molecule has 0 aliphatic rings. The summed E-state index contributed by atoms with van der Waals surface area (Å²) in [7, 11) is 5.68. The fourth-order valence-electron chi connectivity index (χ4n) is 2.14. The van der Waals surface area contributed by atoms with Gasteiger partial charge in [-0.3, -0.25) is 4.99 Å². The van der Waals surface area contributed by atoms with Crippen molar-refractivity contribution in [1.29, 1.82) is 0 Å². The number of halogens is 3. The summed E-state index contributed by atoms with van der Waals surface area (Å²) in [4.78, 5) is 9.84. The number of hydrogen-bond acceptors (Lipinski definition) is 4. The van der Waals surface area contributed by atoms with Gasteiger partial charge in [0.1, 0.15) is 5.01 Å². The normalized spacial score (nSPS) is 14.3. The Morgan fingerprint density at radius 2 is 2.00 bits per heavy atom. The molecule has 24 heavy (non-hydrogen) atoms. The number of alkyl halides is 3. The summed E-state index contributed by atoms with van der Waals surface area (Å²) < 4.78 is 37.6. The zero-order chi connectivity index (χ0) is 18.3. The summed E-state index contributed by atoms with van der Waals surface area (Å²) in [5, 5.41) is 7.61. The summed E-state index contributed by atoms with van der Waals surface area (Å²) >= 11 is 0.982. The number of thiazole rings is 1. The maximum atomic E-state index is 12.5. The summed E-state index contributed by atoms with van der Waals surface area (Å²) in [5.41, 5.74) is -0.850. The quantitative estimate of drug-likeness (QED) is 0.576. The second-order valence-electron chi connectivity index (χ2n) is 6.18. The molecule has 0 saturated heterocycles. The zero-order valence-electron chi connectivity index (χ0n) is 14.7. The lowest BCUT2D eigenvalue weighted by atomic mass is 10.0. The van der Waals surface area contributed by atoms with Crippen molar-refractivity contribution in [3.05, 3.63) is 16.1 Å². The van der Waals surface area contributed by atoms with Gasteiger partial charge in [-0.2, -0.15) is 13.2 Å². The highest BCUT2D eigenvalue weighted by molar-refractivity contribution is 7.09. The minimum Gasteiger partial charge on any atom is -0.355 e. The van der Waals surface area contributed by atoms with E-state index in [9.17, 15) is 13.2 Å². The molecule has 0 spiro atoms. The van der Waals surface area contributed by atoms with E-state index in [0.717, 1.165) is 23.1 Å². The van der Waals surface area contributed by atoms with Gasteiger partial charge in [0.05, 0.1) is 6.54 Å². The lowest BCUT2D eigenvalue weighted by molar-refractivity contribution is -0.140. The van der Waals surface area contributed by atoms with Gasteiger partial charge in [0.15, 0.2) is 11.7 Å². The predicted molar refractivity (Wildman–Crippen MR) is 92.2 cm³/mol. The Morgan fingerprint density at radius 3 is 2.46 bits per heavy atom. The van der Waals surface area contributed by atoms with Gasteiger partial charge in [0.2, 0.25) is 0 Å².